The molecule has 0 bridgehead atoms. The van der Waals surface area contributed by atoms with E-state index in [2.05, 4.69) is 20.8 Å². The largest absolute Gasteiger partial charge is 0.427 e. The molecule has 0 aliphatic carbocycles. The van der Waals surface area contributed by atoms with Gasteiger partial charge < -0.3 is 4.43 Å². The molecular formula is C8H20OSi. The van der Waals surface area contributed by atoms with E-state index >= 15 is 0 Å². The molecular weight excluding hydrogens is 140 g/mol. The summed E-state index contributed by atoms with van der Waals surface area (Å²) in [4.78, 5) is 0. The highest BCUT2D eigenvalue weighted by molar-refractivity contribution is 6.29. The van der Waals surface area contributed by atoms with Crippen molar-refractivity contribution in [3.8, 4) is 0 Å². The lowest BCUT2D eigenvalue weighted by molar-refractivity contribution is 0.423. The first-order chi connectivity index (χ1) is 4.66. The fourth-order valence-corrected chi connectivity index (χ4v) is 1.96. The Morgan fingerprint density at radius 3 is 2.20 bits per heavy atom. The van der Waals surface area contributed by atoms with Crippen LogP contribution in [0.1, 0.15) is 33.6 Å². The Hall–Kier alpha value is 0.177. The molecule has 0 amide bonds. The maximum atomic E-state index is 5.17. The van der Waals surface area contributed by atoms with Crippen LogP contribution in [0.4, 0.5) is 0 Å². The van der Waals surface area contributed by atoms with E-state index in [1.54, 1.807) is 0 Å². The van der Waals surface area contributed by atoms with Crippen LogP contribution in [0.3, 0.4) is 0 Å². The molecule has 2 heteroatoms. The molecule has 62 valence electrons. The molecule has 1 atom stereocenters. The summed E-state index contributed by atoms with van der Waals surface area (Å²) in [7, 11) is 1.63. The number of hydrogen-bond acceptors (Lipinski definition) is 1. The van der Waals surface area contributed by atoms with Crippen molar-refractivity contribution >= 4 is 9.76 Å². The van der Waals surface area contributed by atoms with Crippen molar-refractivity contribution in [2.75, 3.05) is 7.11 Å². The maximum absolute atomic E-state index is 5.17. The highest BCUT2D eigenvalue weighted by Crippen LogP contribution is 2.14. The van der Waals surface area contributed by atoms with Crippen molar-refractivity contribution in [3.63, 3.8) is 0 Å². The van der Waals surface area contributed by atoms with E-state index in [0.717, 1.165) is 11.5 Å². The molecule has 0 N–H and O–H groups in total. The fraction of sp³-hybridized carbons (Fsp3) is 1.00. The van der Waals surface area contributed by atoms with Crippen LogP contribution in [0.25, 0.3) is 0 Å². The van der Waals surface area contributed by atoms with Gasteiger partial charge in [0.15, 0.2) is 9.76 Å². The highest BCUT2D eigenvalue weighted by atomic mass is 28.2. The molecule has 0 aliphatic heterocycles. The Balaban J connectivity index is 3.12. The summed E-state index contributed by atoms with van der Waals surface area (Å²) in [5.74, 6) is 0.855. The van der Waals surface area contributed by atoms with Gasteiger partial charge in [-0.3, -0.25) is 0 Å². The van der Waals surface area contributed by atoms with Crippen molar-refractivity contribution in [3.05, 3.63) is 0 Å². The summed E-state index contributed by atoms with van der Waals surface area (Å²) < 4.78 is 5.17. The summed E-state index contributed by atoms with van der Waals surface area (Å²) in [6.07, 6.45) is 2.72. The molecule has 10 heavy (non-hydrogen) atoms. The lowest BCUT2D eigenvalue weighted by Crippen LogP contribution is -2.03. The zero-order valence-electron chi connectivity index (χ0n) is 7.68. The monoisotopic (exact) mass is 160 g/mol. The van der Waals surface area contributed by atoms with Crippen molar-refractivity contribution in [1.29, 1.82) is 0 Å². The second-order valence-electron chi connectivity index (χ2n) is 3.53. The Kier molecular flexibility index (Phi) is 6.03. The Bertz CT molecular complexity index is 73.7. The van der Waals surface area contributed by atoms with E-state index in [-0.39, 0.29) is 9.76 Å². The lowest BCUT2D eigenvalue weighted by Gasteiger charge is -2.10. The van der Waals surface area contributed by atoms with Crippen LogP contribution in [-0.2, 0) is 4.43 Å². The zero-order chi connectivity index (χ0) is 7.98. The third-order valence-corrected chi connectivity index (χ3v) is 3.00. The molecule has 0 aliphatic rings. The van der Waals surface area contributed by atoms with E-state index in [1.807, 2.05) is 7.11 Å². The molecule has 0 aromatic carbocycles. The smallest absolute Gasteiger partial charge is 0.163 e. The van der Waals surface area contributed by atoms with E-state index in [0.29, 0.717) is 0 Å². The van der Waals surface area contributed by atoms with Gasteiger partial charge in [-0.05, 0) is 11.5 Å². The van der Waals surface area contributed by atoms with Crippen LogP contribution in [0, 0.1) is 5.92 Å². The minimum atomic E-state index is -0.197. The lowest BCUT2D eigenvalue weighted by atomic mass is 10.1. The minimum absolute atomic E-state index is 0.197. The van der Waals surface area contributed by atoms with Gasteiger partial charge in [0.05, 0.1) is 0 Å². The molecule has 0 aromatic heterocycles. The average Bonchev–Trinajstić information content (AvgIpc) is 1.85. The first kappa shape index (κ1) is 10.2. The van der Waals surface area contributed by atoms with Gasteiger partial charge in [0, 0.05) is 7.11 Å². The number of hydrogen-bond donors (Lipinski definition) is 0. The molecule has 1 unspecified atom stereocenters. The second kappa shape index (κ2) is 5.92. The normalized spacial score (nSPS) is 15.3. The molecule has 0 fully saturated rings. The van der Waals surface area contributed by atoms with Gasteiger partial charge in [0.1, 0.15) is 0 Å². The summed E-state index contributed by atoms with van der Waals surface area (Å²) in [5, 5.41) is 0. The first-order valence-electron chi connectivity index (χ1n) is 4.15. The van der Waals surface area contributed by atoms with Gasteiger partial charge in [-0.25, -0.2) is 0 Å². The zero-order valence-corrected chi connectivity index (χ0v) is 9.10. The van der Waals surface area contributed by atoms with Gasteiger partial charge in [-0.15, -0.1) is 0 Å². The topological polar surface area (TPSA) is 9.23 Å². The molecule has 0 aromatic rings. The molecule has 0 radical (unpaired) electrons. The van der Waals surface area contributed by atoms with Crippen LogP contribution in [-0.4, -0.2) is 16.9 Å². The van der Waals surface area contributed by atoms with Gasteiger partial charge in [0.25, 0.3) is 0 Å². The third-order valence-electron chi connectivity index (χ3n) is 1.69. The van der Waals surface area contributed by atoms with Crippen LogP contribution in [0.15, 0.2) is 0 Å². The van der Waals surface area contributed by atoms with Gasteiger partial charge >= 0.3 is 0 Å². The van der Waals surface area contributed by atoms with Crippen molar-refractivity contribution in [2.45, 2.75) is 39.2 Å². The molecule has 0 saturated carbocycles. The predicted molar refractivity (Wildman–Crippen MR) is 49.0 cm³/mol. The maximum Gasteiger partial charge on any atom is 0.163 e. The van der Waals surface area contributed by atoms with Crippen LogP contribution in [0.5, 0.6) is 0 Å². The quantitative estimate of drug-likeness (QED) is 0.559. The van der Waals surface area contributed by atoms with Crippen molar-refractivity contribution in [2.24, 2.45) is 5.92 Å². The summed E-state index contributed by atoms with van der Waals surface area (Å²) in [6.45, 7) is 6.86. The van der Waals surface area contributed by atoms with Crippen molar-refractivity contribution in [1.82, 2.24) is 0 Å². The Labute approximate surface area is 67.1 Å². The molecule has 1 nitrogen and oxygen atoms in total. The summed E-state index contributed by atoms with van der Waals surface area (Å²) in [6, 6.07) is 0. The third kappa shape index (κ3) is 6.30. The number of rotatable bonds is 5. The summed E-state index contributed by atoms with van der Waals surface area (Å²) in [5.41, 5.74) is 0.868. The van der Waals surface area contributed by atoms with Crippen LogP contribution >= 0.6 is 0 Å². The van der Waals surface area contributed by atoms with E-state index in [4.69, 9.17) is 4.43 Å². The van der Waals surface area contributed by atoms with Gasteiger partial charge in [0.2, 0.25) is 0 Å². The first-order valence-corrected chi connectivity index (χ1v) is 5.55. The molecule has 0 saturated heterocycles. The predicted octanol–water partition coefficient (Wildman–Crippen LogP) is 1.96. The van der Waals surface area contributed by atoms with E-state index < -0.39 is 0 Å². The SMILES string of the molecule is CO[SiH2]C(C)CCC(C)C. The van der Waals surface area contributed by atoms with Crippen molar-refractivity contribution < 1.29 is 4.43 Å². The van der Waals surface area contributed by atoms with Crippen LogP contribution in [0.2, 0.25) is 5.54 Å². The Morgan fingerprint density at radius 1 is 1.20 bits per heavy atom. The highest BCUT2D eigenvalue weighted by Gasteiger charge is 2.02. The van der Waals surface area contributed by atoms with Gasteiger partial charge in [-0.1, -0.05) is 33.6 Å². The Morgan fingerprint density at radius 2 is 1.80 bits per heavy atom. The van der Waals surface area contributed by atoms with Crippen LogP contribution < -0.4 is 0 Å². The summed E-state index contributed by atoms with van der Waals surface area (Å²) >= 11 is 0. The minimum Gasteiger partial charge on any atom is -0.427 e. The fourth-order valence-electron chi connectivity index (χ4n) is 0.986. The molecule has 0 heterocycles. The molecule has 0 spiro atoms. The van der Waals surface area contributed by atoms with E-state index in [9.17, 15) is 0 Å². The van der Waals surface area contributed by atoms with E-state index in [1.165, 1.54) is 12.8 Å². The second-order valence-corrected chi connectivity index (χ2v) is 5.84. The van der Waals surface area contributed by atoms with Gasteiger partial charge in [-0.2, -0.15) is 0 Å². The standard InChI is InChI=1S/C8H20OSi/c1-7(2)5-6-8(3)10-9-4/h7-8H,5-6,10H2,1-4H3. The average molecular weight is 160 g/mol. The molecule has 0 rings (SSSR count).